The van der Waals surface area contributed by atoms with Crippen molar-refractivity contribution in [2.75, 3.05) is 0 Å². The van der Waals surface area contributed by atoms with Crippen molar-refractivity contribution in [3.05, 3.63) is 71.9 Å². The lowest BCUT2D eigenvalue weighted by molar-refractivity contribution is -0.122. The molecule has 0 saturated carbocycles. The first-order chi connectivity index (χ1) is 14.5. The number of carbonyl (C=O) groups excluding carboxylic acids is 1. The minimum Gasteiger partial charge on any atom is -0.348 e. The number of hydrogen-bond acceptors (Lipinski definition) is 6. The highest BCUT2D eigenvalue weighted by atomic mass is 16.5. The summed E-state index contributed by atoms with van der Waals surface area (Å²) in [6.07, 6.45) is 5.08. The Morgan fingerprint density at radius 2 is 1.97 bits per heavy atom. The van der Waals surface area contributed by atoms with E-state index in [2.05, 4.69) is 25.4 Å². The molecule has 0 aliphatic carbocycles. The monoisotopic (exact) mass is 402 g/mol. The third-order valence-electron chi connectivity index (χ3n) is 4.81. The molecule has 4 aromatic rings. The summed E-state index contributed by atoms with van der Waals surface area (Å²) in [5, 5.41) is 7.02. The third-order valence-corrected chi connectivity index (χ3v) is 4.81. The van der Waals surface area contributed by atoms with Crippen LogP contribution in [-0.4, -0.2) is 30.6 Å². The lowest BCUT2D eigenvalue weighted by Gasteiger charge is -2.15. The first-order valence-electron chi connectivity index (χ1n) is 9.64. The molecule has 0 spiro atoms. The molecule has 0 fully saturated rings. The van der Waals surface area contributed by atoms with Crippen molar-refractivity contribution >= 4 is 5.91 Å². The fraction of sp³-hybridized carbons (Fsp3) is 0.227. The standard InChI is InChI=1S/C22H22N6O2/c1-14-6-8-17(9-7-14)15(2)24-20(29)13-28-12-19(25-16(28)3)21-26-22(30-27-21)18-5-4-10-23-11-18/h4-12,15H,13H2,1-3H3,(H,24,29)/t15-/m0/s1. The average molecular weight is 402 g/mol. The fourth-order valence-corrected chi connectivity index (χ4v) is 3.09. The largest absolute Gasteiger partial charge is 0.348 e. The van der Waals surface area contributed by atoms with Gasteiger partial charge in [0, 0.05) is 18.6 Å². The van der Waals surface area contributed by atoms with Gasteiger partial charge in [-0.15, -0.1) is 0 Å². The molecule has 0 aliphatic rings. The highest BCUT2D eigenvalue weighted by Gasteiger charge is 2.16. The van der Waals surface area contributed by atoms with Gasteiger partial charge in [-0.3, -0.25) is 9.78 Å². The SMILES string of the molecule is Cc1ccc([C@H](C)NC(=O)Cn2cc(-c3noc(-c4cccnc4)n3)nc2C)cc1. The Morgan fingerprint density at radius 3 is 2.70 bits per heavy atom. The first-order valence-corrected chi connectivity index (χ1v) is 9.64. The summed E-state index contributed by atoms with van der Waals surface area (Å²) in [5.41, 5.74) is 3.53. The Kier molecular flexibility index (Phi) is 5.38. The van der Waals surface area contributed by atoms with Crippen molar-refractivity contribution in [2.45, 2.75) is 33.4 Å². The molecule has 8 heteroatoms. The van der Waals surface area contributed by atoms with Crippen molar-refractivity contribution in [3.8, 4) is 23.0 Å². The zero-order chi connectivity index (χ0) is 21.1. The predicted molar refractivity (Wildman–Crippen MR) is 111 cm³/mol. The van der Waals surface area contributed by atoms with Crippen LogP contribution >= 0.6 is 0 Å². The Bertz CT molecular complexity index is 1150. The number of amides is 1. The number of aryl methyl sites for hydroxylation is 2. The zero-order valence-electron chi connectivity index (χ0n) is 17.0. The molecule has 3 aromatic heterocycles. The van der Waals surface area contributed by atoms with E-state index in [1.165, 1.54) is 5.56 Å². The van der Waals surface area contributed by atoms with Crippen LogP contribution in [-0.2, 0) is 11.3 Å². The topological polar surface area (TPSA) is 98.7 Å². The number of pyridine rings is 1. The second kappa shape index (κ2) is 8.28. The van der Waals surface area contributed by atoms with Gasteiger partial charge >= 0.3 is 0 Å². The number of nitrogens with one attached hydrogen (secondary N) is 1. The predicted octanol–water partition coefficient (Wildman–Crippen LogP) is 3.49. The molecule has 1 aromatic carbocycles. The van der Waals surface area contributed by atoms with E-state index in [0.29, 0.717) is 23.2 Å². The van der Waals surface area contributed by atoms with E-state index in [0.717, 1.165) is 11.1 Å². The van der Waals surface area contributed by atoms with Crippen molar-refractivity contribution in [3.63, 3.8) is 0 Å². The summed E-state index contributed by atoms with van der Waals surface area (Å²) in [7, 11) is 0. The van der Waals surface area contributed by atoms with Crippen LogP contribution in [0.2, 0.25) is 0 Å². The van der Waals surface area contributed by atoms with Gasteiger partial charge in [-0.25, -0.2) is 4.98 Å². The second-order valence-corrected chi connectivity index (χ2v) is 7.17. The van der Waals surface area contributed by atoms with Crippen LogP contribution in [0.15, 0.2) is 59.5 Å². The Morgan fingerprint density at radius 1 is 1.17 bits per heavy atom. The maximum Gasteiger partial charge on any atom is 0.259 e. The van der Waals surface area contributed by atoms with E-state index in [-0.39, 0.29) is 18.5 Å². The van der Waals surface area contributed by atoms with E-state index in [4.69, 9.17) is 4.52 Å². The summed E-state index contributed by atoms with van der Waals surface area (Å²) in [4.78, 5) is 25.4. The summed E-state index contributed by atoms with van der Waals surface area (Å²) in [6, 6.07) is 11.7. The number of nitrogens with zero attached hydrogens (tertiary/aromatic N) is 5. The van der Waals surface area contributed by atoms with Gasteiger partial charge in [-0.2, -0.15) is 4.98 Å². The lowest BCUT2D eigenvalue weighted by atomic mass is 10.1. The lowest BCUT2D eigenvalue weighted by Crippen LogP contribution is -2.30. The number of imidazole rings is 1. The molecule has 0 radical (unpaired) electrons. The van der Waals surface area contributed by atoms with Gasteiger partial charge in [0.15, 0.2) is 0 Å². The van der Waals surface area contributed by atoms with Gasteiger partial charge in [-0.1, -0.05) is 35.0 Å². The normalized spacial score (nSPS) is 12.0. The molecule has 30 heavy (non-hydrogen) atoms. The number of aromatic nitrogens is 5. The molecule has 0 unspecified atom stereocenters. The smallest absolute Gasteiger partial charge is 0.259 e. The van der Waals surface area contributed by atoms with Crippen molar-refractivity contribution < 1.29 is 9.32 Å². The number of hydrogen-bond donors (Lipinski definition) is 1. The van der Waals surface area contributed by atoms with Gasteiger partial charge in [0.25, 0.3) is 5.89 Å². The van der Waals surface area contributed by atoms with Gasteiger partial charge in [-0.05, 0) is 38.5 Å². The Labute approximate surface area is 174 Å². The van der Waals surface area contributed by atoms with E-state index >= 15 is 0 Å². The molecule has 1 N–H and O–H groups in total. The minimum atomic E-state index is -0.0979. The van der Waals surface area contributed by atoms with Crippen LogP contribution < -0.4 is 5.32 Å². The van der Waals surface area contributed by atoms with Crippen LogP contribution in [0.25, 0.3) is 23.0 Å². The summed E-state index contributed by atoms with van der Waals surface area (Å²) >= 11 is 0. The summed E-state index contributed by atoms with van der Waals surface area (Å²) in [5.74, 6) is 1.33. The molecule has 1 atom stereocenters. The summed E-state index contributed by atoms with van der Waals surface area (Å²) < 4.78 is 7.09. The highest BCUT2D eigenvalue weighted by Crippen LogP contribution is 2.21. The van der Waals surface area contributed by atoms with Crippen molar-refractivity contribution in [1.82, 2.24) is 30.0 Å². The van der Waals surface area contributed by atoms with Gasteiger partial charge < -0.3 is 14.4 Å². The molecule has 3 heterocycles. The van der Waals surface area contributed by atoms with E-state index in [9.17, 15) is 4.79 Å². The van der Waals surface area contributed by atoms with Gasteiger partial charge in [0.1, 0.15) is 18.1 Å². The molecular weight excluding hydrogens is 380 g/mol. The van der Waals surface area contributed by atoms with Crippen LogP contribution in [0.5, 0.6) is 0 Å². The van der Waals surface area contributed by atoms with Crippen LogP contribution in [0.1, 0.15) is 29.9 Å². The quantitative estimate of drug-likeness (QED) is 0.530. The van der Waals surface area contributed by atoms with Gasteiger partial charge in [0.05, 0.1) is 11.6 Å². The number of rotatable bonds is 6. The average Bonchev–Trinajstić information content (AvgIpc) is 3.36. The molecule has 152 valence electrons. The first kappa shape index (κ1) is 19.5. The maximum absolute atomic E-state index is 12.5. The van der Waals surface area contributed by atoms with E-state index in [1.807, 2.05) is 51.1 Å². The second-order valence-electron chi connectivity index (χ2n) is 7.17. The number of carbonyl (C=O) groups is 1. The Balaban J connectivity index is 1.44. The van der Waals surface area contributed by atoms with E-state index in [1.54, 1.807) is 29.2 Å². The minimum absolute atomic E-state index is 0.0827. The molecule has 0 bridgehead atoms. The summed E-state index contributed by atoms with van der Waals surface area (Å²) in [6.45, 7) is 5.99. The van der Waals surface area contributed by atoms with Crippen molar-refractivity contribution in [1.29, 1.82) is 0 Å². The third kappa shape index (κ3) is 4.27. The van der Waals surface area contributed by atoms with Crippen LogP contribution in [0.4, 0.5) is 0 Å². The van der Waals surface area contributed by atoms with Crippen molar-refractivity contribution in [2.24, 2.45) is 0 Å². The molecule has 1 amide bonds. The van der Waals surface area contributed by atoms with Crippen LogP contribution in [0.3, 0.4) is 0 Å². The molecule has 4 rings (SSSR count). The van der Waals surface area contributed by atoms with Gasteiger partial charge in [0.2, 0.25) is 11.7 Å². The van der Waals surface area contributed by atoms with E-state index < -0.39 is 0 Å². The maximum atomic E-state index is 12.5. The highest BCUT2D eigenvalue weighted by molar-refractivity contribution is 5.76. The Hall–Kier alpha value is -3.81. The molecular formula is C22H22N6O2. The molecule has 8 nitrogen and oxygen atoms in total. The molecule has 0 saturated heterocycles. The van der Waals surface area contributed by atoms with Crippen LogP contribution in [0, 0.1) is 13.8 Å². The molecule has 0 aliphatic heterocycles. The fourth-order valence-electron chi connectivity index (χ4n) is 3.09. The zero-order valence-corrected chi connectivity index (χ0v) is 17.0. The number of benzene rings is 1.